The van der Waals surface area contributed by atoms with E-state index in [4.69, 9.17) is 0 Å². The van der Waals surface area contributed by atoms with E-state index in [-0.39, 0.29) is 17.5 Å². The molecule has 3 aliphatic rings. The minimum atomic E-state index is -0.0434. The van der Waals surface area contributed by atoms with Crippen LogP contribution in [0.3, 0.4) is 0 Å². The smallest absolute Gasteiger partial charge is 0.163 e. The van der Waals surface area contributed by atoms with Gasteiger partial charge in [-0.1, -0.05) is 80.3 Å². The molecule has 0 N–H and O–H groups in total. The van der Waals surface area contributed by atoms with Crippen molar-refractivity contribution in [2.45, 2.75) is 57.8 Å². The van der Waals surface area contributed by atoms with E-state index in [9.17, 15) is 9.59 Å². The number of hydrogen-bond donors (Lipinski definition) is 0. The summed E-state index contributed by atoms with van der Waals surface area (Å²) >= 11 is 0. The molecule has 156 valence electrons. The zero-order valence-corrected chi connectivity index (χ0v) is 18.1. The number of carbonyl (C=O) groups is 2. The van der Waals surface area contributed by atoms with Crippen LogP contribution in [0.1, 0.15) is 79.2 Å². The maximum atomic E-state index is 13.2. The highest BCUT2D eigenvalue weighted by Gasteiger charge is 2.33. The van der Waals surface area contributed by atoms with E-state index in [1.807, 2.05) is 30.4 Å². The van der Waals surface area contributed by atoms with E-state index in [0.29, 0.717) is 6.42 Å². The minimum absolute atomic E-state index is 0.0434. The standard InChI is InChI=1S/C29H28O2/c1-2-3-5-10-24-26-16-15-23-22-14-12-21(30)17-20(22)11-13-25(23)29(26)27(18-28(24)31)19-8-6-4-7-9-19/h4,6-9,12,14-16,18,24H,2-3,5,10-11,13,17H2,1H3. The third kappa shape index (κ3) is 3.54. The Morgan fingerprint density at radius 1 is 0.935 bits per heavy atom. The van der Waals surface area contributed by atoms with Gasteiger partial charge in [-0.15, -0.1) is 0 Å². The van der Waals surface area contributed by atoms with Crippen LogP contribution in [0.15, 0.2) is 66.3 Å². The van der Waals surface area contributed by atoms with Gasteiger partial charge in [0.05, 0.1) is 0 Å². The van der Waals surface area contributed by atoms with Crippen molar-refractivity contribution in [3.05, 3.63) is 94.1 Å². The molecule has 0 aliphatic heterocycles. The van der Waals surface area contributed by atoms with Crippen LogP contribution in [0, 0.1) is 0 Å². The van der Waals surface area contributed by atoms with Gasteiger partial charge in [0.2, 0.25) is 0 Å². The Hall–Kier alpha value is -3.00. The molecule has 0 heterocycles. The molecule has 2 aromatic carbocycles. The zero-order chi connectivity index (χ0) is 21.4. The Bertz CT molecular complexity index is 1140. The summed E-state index contributed by atoms with van der Waals surface area (Å²) in [5, 5.41) is 0. The fraction of sp³-hybridized carbons (Fsp3) is 0.310. The van der Waals surface area contributed by atoms with E-state index in [1.54, 1.807) is 6.08 Å². The largest absolute Gasteiger partial charge is 0.294 e. The van der Waals surface area contributed by atoms with Crippen LogP contribution in [0.25, 0.3) is 11.1 Å². The van der Waals surface area contributed by atoms with Crippen LogP contribution in [-0.2, 0) is 16.0 Å². The van der Waals surface area contributed by atoms with Crippen molar-refractivity contribution in [2.75, 3.05) is 0 Å². The van der Waals surface area contributed by atoms with Crippen molar-refractivity contribution in [1.82, 2.24) is 0 Å². The predicted octanol–water partition coefficient (Wildman–Crippen LogP) is 6.59. The highest BCUT2D eigenvalue weighted by atomic mass is 16.1. The van der Waals surface area contributed by atoms with E-state index < -0.39 is 0 Å². The van der Waals surface area contributed by atoms with Crippen molar-refractivity contribution < 1.29 is 9.59 Å². The average Bonchev–Trinajstić information content (AvgIpc) is 2.80. The number of rotatable bonds is 5. The molecule has 31 heavy (non-hydrogen) atoms. The molecule has 3 aliphatic carbocycles. The molecule has 5 rings (SSSR count). The summed E-state index contributed by atoms with van der Waals surface area (Å²) in [4.78, 5) is 25.2. The maximum absolute atomic E-state index is 13.2. The summed E-state index contributed by atoms with van der Waals surface area (Å²) in [5.74, 6) is 0.394. The Balaban J connectivity index is 1.68. The Morgan fingerprint density at radius 3 is 2.58 bits per heavy atom. The molecule has 0 amide bonds. The van der Waals surface area contributed by atoms with Gasteiger partial charge in [-0.2, -0.15) is 0 Å². The molecule has 0 saturated heterocycles. The highest BCUT2D eigenvalue weighted by Crippen LogP contribution is 2.46. The van der Waals surface area contributed by atoms with Crippen LogP contribution in [0.4, 0.5) is 0 Å². The number of benzene rings is 2. The van der Waals surface area contributed by atoms with E-state index >= 15 is 0 Å². The van der Waals surface area contributed by atoms with Crippen molar-refractivity contribution >= 4 is 22.7 Å². The summed E-state index contributed by atoms with van der Waals surface area (Å²) in [6.07, 6.45) is 12.3. The van der Waals surface area contributed by atoms with Gasteiger partial charge in [0.25, 0.3) is 0 Å². The van der Waals surface area contributed by atoms with Crippen LogP contribution >= 0.6 is 0 Å². The van der Waals surface area contributed by atoms with E-state index in [2.05, 4.69) is 31.2 Å². The number of allylic oxidation sites excluding steroid dienone is 5. The molecule has 0 saturated carbocycles. The summed E-state index contributed by atoms with van der Waals surface area (Å²) < 4.78 is 0. The Morgan fingerprint density at radius 2 is 1.77 bits per heavy atom. The second-order valence-electron chi connectivity index (χ2n) is 8.92. The summed E-state index contributed by atoms with van der Waals surface area (Å²) in [6, 6.07) is 14.7. The third-order valence-electron chi connectivity index (χ3n) is 6.97. The van der Waals surface area contributed by atoms with Crippen molar-refractivity contribution in [3.8, 4) is 0 Å². The first-order valence-electron chi connectivity index (χ1n) is 11.6. The topological polar surface area (TPSA) is 34.1 Å². The summed E-state index contributed by atoms with van der Waals surface area (Å²) in [7, 11) is 0. The Labute approximate surface area is 184 Å². The van der Waals surface area contributed by atoms with Gasteiger partial charge < -0.3 is 0 Å². The van der Waals surface area contributed by atoms with Gasteiger partial charge in [-0.25, -0.2) is 0 Å². The molecule has 0 aromatic heterocycles. The van der Waals surface area contributed by atoms with Gasteiger partial charge in [-0.05, 0) is 70.4 Å². The van der Waals surface area contributed by atoms with Gasteiger partial charge in [0, 0.05) is 12.3 Å². The van der Waals surface area contributed by atoms with Crippen molar-refractivity contribution in [2.24, 2.45) is 0 Å². The number of unbranched alkanes of at least 4 members (excludes halogenated alkanes) is 2. The predicted molar refractivity (Wildman–Crippen MR) is 126 cm³/mol. The first kappa shape index (κ1) is 19.9. The summed E-state index contributed by atoms with van der Waals surface area (Å²) in [5.41, 5.74) is 9.69. The van der Waals surface area contributed by atoms with Crippen LogP contribution in [-0.4, -0.2) is 11.6 Å². The third-order valence-corrected chi connectivity index (χ3v) is 6.97. The molecule has 2 nitrogen and oxygen atoms in total. The SMILES string of the molecule is CCCCCC1C(=O)C=C(c2ccccc2)c2c1ccc1c2CCC2=C1C=CC(=O)C2. The van der Waals surface area contributed by atoms with Crippen LogP contribution in [0.2, 0.25) is 0 Å². The maximum Gasteiger partial charge on any atom is 0.163 e. The second kappa shape index (κ2) is 8.26. The number of ketones is 2. The number of hydrogen-bond acceptors (Lipinski definition) is 2. The van der Waals surface area contributed by atoms with Gasteiger partial charge in [0.15, 0.2) is 11.6 Å². The quantitative estimate of drug-likeness (QED) is 0.523. The molecule has 2 aromatic rings. The molecule has 0 fully saturated rings. The van der Waals surface area contributed by atoms with Crippen LogP contribution < -0.4 is 0 Å². The molecule has 1 unspecified atom stereocenters. The molecule has 2 heteroatoms. The molecular weight excluding hydrogens is 380 g/mol. The number of fused-ring (bicyclic) bond motifs is 4. The molecular formula is C29H28O2. The minimum Gasteiger partial charge on any atom is -0.294 e. The molecule has 1 atom stereocenters. The van der Waals surface area contributed by atoms with Crippen LogP contribution in [0.5, 0.6) is 0 Å². The zero-order valence-electron chi connectivity index (χ0n) is 18.1. The first-order chi connectivity index (χ1) is 15.2. The fourth-order valence-electron chi connectivity index (χ4n) is 5.43. The fourth-order valence-corrected chi connectivity index (χ4v) is 5.43. The van der Waals surface area contributed by atoms with Crippen molar-refractivity contribution in [3.63, 3.8) is 0 Å². The van der Waals surface area contributed by atoms with Gasteiger partial charge >= 0.3 is 0 Å². The monoisotopic (exact) mass is 408 g/mol. The van der Waals surface area contributed by atoms with Gasteiger partial charge in [-0.3, -0.25) is 9.59 Å². The van der Waals surface area contributed by atoms with E-state index in [0.717, 1.165) is 49.7 Å². The Kier molecular flexibility index (Phi) is 5.31. The highest BCUT2D eigenvalue weighted by molar-refractivity contribution is 6.09. The number of carbonyl (C=O) groups excluding carboxylic acids is 2. The molecule has 0 radical (unpaired) electrons. The lowest BCUT2D eigenvalue weighted by Gasteiger charge is -2.32. The lowest BCUT2D eigenvalue weighted by molar-refractivity contribution is -0.116. The average molecular weight is 409 g/mol. The first-order valence-corrected chi connectivity index (χ1v) is 11.6. The normalized spacial score (nSPS) is 19.6. The molecule has 0 spiro atoms. The molecule has 0 bridgehead atoms. The lowest BCUT2D eigenvalue weighted by Crippen LogP contribution is -2.21. The van der Waals surface area contributed by atoms with E-state index in [1.165, 1.54) is 33.4 Å². The summed E-state index contributed by atoms with van der Waals surface area (Å²) in [6.45, 7) is 2.20. The van der Waals surface area contributed by atoms with Crippen molar-refractivity contribution in [1.29, 1.82) is 0 Å². The van der Waals surface area contributed by atoms with Gasteiger partial charge in [0.1, 0.15) is 0 Å². The lowest BCUT2D eigenvalue weighted by atomic mass is 9.71. The second-order valence-corrected chi connectivity index (χ2v) is 8.92.